The predicted molar refractivity (Wildman–Crippen MR) is 128 cm³/mol. The molecule has 0 spiro atoms. The molecule has 7 nitrogen and oxygen atoms in total. The fourth-order valence-electron chi connectivity index (χ4n) is 4.11. The van der Waals surface area contributed by atoms with Crippen LogP contribution in [0, 0.1) is 0 Å². The number of carbonyl (C=O) groups excluding carboxylic acids is 1. The highest BCUT2D eigenvalue weighted by Crippen LogP contribution is 2.27. The van der Waals surface area contributed by atoms with Crippen molar-refractivity contribution in [2.45, 2.75) is 36.1 Å². The van der Waals surface area contributed by atoms with Gasteiger partial charge in [-0.3, -0.25) is 4.79 Å². The molecule has 2 heterocycles. The van der Waals surface area contributed by atoms with Gasteiger partial charge in [-0.1, -0.05) is 30.3 Å². The molecule has 1 aliphatic heterocycles. The molecular formula is C23H28N4O3S2. The minimum absolute atomic E-state index is 0.104. The number of para-hydroxylation sites is 2. The van der Waals surface area contributed by atoms with Crippen LogP contribution in [0.15, 0.2) is 59.5 Å². The number of rotatable bonds is 8. The number of amides is 1. The normalized spacial score (nSPS) is 18.0. The summed E-state index contributed by atoms with van der Waals surface area (Å²) in [5.74, 6) is 1.51. The van der Waals surface area contributed by atoms with Gasteiger partial charge in [0.2, 0.25) is 15.9 Å². The predicted octanol–water partition coefficient (Wildman–Crippen LogP) is 3.37. The zero-order valence-electron chi connectivity index (χ0n) is 18.0. The SMILES string of the molecule is CSCCC(NS(=O)(=O)c1ccccc1)C(=O)N1CCCC(c2nc3ccccc3[nH]2)C1. The second-order valence-electron chi connectivity index (χ2n) is 8.03. The molecule has 1 saturated heterocycles. The molecule has 2 atom stereocenters. The number of thioether (sulfide) groups is 1. The highest BCUT2D eigenvalue weighted by atomic mass is 32.2. The van der Waals surface area contributed by atoms with E-state index < -0.39 is 16.1 Å². The fourth-order valence-corrected chi connectivity index (χ4v) is 5.83. The van der Waals surface area contributed by atoms with Crippen molar-refractivity contribution in [3.05, 3.63) is 60.4 Å². The van der Waals surface area contributed by atoms with Crippen LogP contribution in [-0.4, -0.2) is 60.3 Å². The molecule has 32 heavy (non-hydrogen) atoms. The van der Waals surface area contributed by atoms with Crippen LogP contribution in [0.2, 0.25) is 0 Å². The van der Waals surface area contributed by atoms with Gasteiger partial charge in [0, 0.05) is 19.0 Å². The first kappa shape index (κ1) is 22.8. The Kier molecular flexibility index (Phi) is 7.17. The van der Waals surface area contributed by atoms with E-state index in [-0.39, 0.29) is 16.7 Å². The van der Waals surface area contributed by atoms with Crippen LogP contribution < -0.4 is 4.72 Å². The van der Waals surface area contributed by atoms with E-state index in [0.717, 1.165) is 29.7 Å². The van der Waals surface area contributed by atoms with Gasteiger partial charge in [0.15, 0.2) is 0 Å². The van der Waals surface area contributed by atoms with Crippen LogP contribution in [0.1, 0.15) is 31.0 Å². The molecule has 2 N–H and O–H groups in total. The summed E-state index contributed by atoms with van der Waals surface area (Å²) in [6, 6.07) is 15.3. The van der Waals surface area contributed by atoms with Crippen LogP contribution in [-0.2, 0) is 14.8 Å². The van der Waals surface area contributed by atoms with Gasteiger partial charge in [0.05, 0.1) is 15.9 Å². The van der Waals surface area contributed by atoms with E-state index in [9.17, 15) is 13.2 Å². The molecule has 0 aliphatic carbocycles. The number of hydrogen-bond donors (Lipinski definition) is 2. The summed E-state index contributed by atoms with van der Waals surface area (Å²) in [5.41, 5.74) is 1.90. The number of aromatic amines is 1. The molecule has 0 radical (unpaired) electrons. The summed E-state index contributed by atoms with van der Waals surface area (Å²) in [4.78, 5) is 23.5. The van der Waals surface area contributed by atoms with E-state index in [1.807, 2.05) is 30.5 Å². The highest BCUT2D eigenvalue weighted by Gasteiger charge is 2.33. The van der Waals surface area contributed by atoms with Gasteiger partial charge in [0.1, 0.15) is 11.9 Å². The van der Waals surface area contributed by atoms with E-state index in [0.29, 0.717) is 25.3 Å². The number of aromatic nitrogens is 2. The van der Waals surface area contributed by atoms with Gasteiger partial charge in [-0.15, -0.1) is 0 Å². The number of benzene rings is 2. The van der Waals surface area contributed by atoms with Crippen molar-refractivity contribution in [1.29, 1.82) is 0 Å². The Morgan fingerprint density at radius 1 is 1.22 bits per heavy atom. The van der Waals surface area contributed by atoms with Crippen LogP contribution in [0.3, 0.4) is 0 Å². The van der Waals surface area contributed by atoms with Crippen LogP contribution in [0.4, 0.5) is 0 Å². The first-order valence-electron chi connectivity index (χ1n) is 10.8. The zero-order chi connectivity index (χ0) is 22.6. The van der Waals surface area contributed by atoms with Crippen molar-refractivity contribution in [3.8, 4) is 0 Å². The summed E-state index contributed by atoms with van der Waals surface area (Å²) < 4.78 is 28.4. The van der Waals surface area contributed by atoms with Crippen LogP contribution in [0.25, 0.3) is 11.0 Å². The number of hydrogen-bond acceptors (Lipinski definition) is 5. The Labute approximate surface area is 193 Å². The number of carbonyl (C=O) groups is 1. The first-order chi connectivity index (χ1) is 15.5. The molecular weight excluding hydrogens is 444 g/mol. The van der Waals surface area contributed by atoms with Gasteiger partial charge in [-0.25, -0.2) is 13.4 Å². The Balaban J connectivity index is 1.51. The molecule has 1 aliphatic rings. The highest BCUT2D eigenvalue weighted by molar-refractivity contribution is 7.98. The maximum absolute atomic E-state index is 13.4. The molecule has 170 valence electrons. The lowest BCUT2D eigenvalue weighted by Gasteiger charge is -2.34. The Hall–Kier alpha value is -2.36. The van der Waals surface area contributed by atoms with Crippen molar-refractivity contribution in [2.24, 2.45) is 0 Å². The third kappa shape index (κ3) is 5.16. The number of imidazole rings is 1. The Morgan fingerprint density at radius 3 is 2.72 bits per heavy atom. The van der Waals surface area contributed by atoms with E-state index >= 15 is 0 Å². The smallest absolute Gasteiger partial charge is 0.241 e. The topological polar surface area (TPSA) is 95.2 Å². The van der Waals surface area contributed by atoms with Crippen molar-refractivity contribution in [1.82, 2.24) is 19.6 Å². The molecule has 2 unspecified atom stereocenters. The zero-order valence-corrected chi connectivity index (χ0v) is 19.7. The Morgan fingerprint density at radius 2 is 1.97 bits per heavy atom. The lowest BCUT2D eigenvalue weighted by Crippen LogP contribution is -2.51. The minimum Gasteiger partial charge on any atom is -0.342 e. The summed E-state index contributed by atoms with van der Waals surface area (Å²) in [7, 11) is -3.78. The largest absolute Gasteiger partial charge is 0.342 e. The Bertz CT molecular complexity index is 1130. The third-order valence-electron chi connectivity index (χ3n) is 5.79. The number of sulfonamides is 1. The molecule has 0 saturated carbocycles. The lowest BCUT2D eigenvalue weighted by molar-refractivity contribution is -0.134. The number of nitrogens with one attached hydrogen (secondary N) is 2. The second kappa shape index (κ2) is 10.1. The second-order valence-corrected chi connectivity index (χ2v) is 10.7. The minimum atomic E-state index is -3.78. The van der Waals surface area contributed by atoms with Crippen molar-refractivity contribution < 1.29 is 13.2 Å². The summed E-state index contributed by atoms with van der Waals surface area (Å²) in [6.45, 7) is 1.15. The molecule has 1 amide bonds. The van der Waals surface area contributed by atoms with Gasteiger partial charge in [-0.2, -0.15) is 16.5 Å². The standard InChI is InChI=1S/C23H28N4O3S2/c1-31-15-13-21(26-32(29,30)18-9-3-2-4-10-18)23(28)27-14-7-8-17(16-27)22-24-19-11-5-6-12-20(19)25-22/h2-6,9-12,17,21,26H,7-8,13-16H2,1H3,(H,24,25). The molecule has 1 aromatic heterocycles. The number of nitrogens with zero attached hydrogens (tertiary/aromatic N) is 2. The molecule has 9 heteroatoms. The van der Waals surface area contributed by atoms with E-state index in [4.69, 9.17) is 4.98 Å². The quantitative estimate of drug-likeness (QED) is 0.524. The van der Waals surface area contributed by atoms with Crippen molar-refractivity contribution in [2.75, 3.05) is 25.1 Å². The average Bonchev–Trinajstić information content (AvgIpc) is 3.26. The molecule has 2 aromatic carbocycles. The maximum Gasteiger partial charge on any atom is 0.241 e. The van der Waals surface area contributed by atoms with E-state index in [1.165, 1.54) is 12.1 Å². The number of H-pyrrole nitrogens is 1. The van der Waals surface area contributed by atoms with Gasteiger partial charge in [0.25, 0.3) is 0 Å². The fraction of sp³-hybridized carbons (Fsp3) is 0.391. The number of likely N-dealkylation sites (tertiary alicyclic amines) is 1. The molecule has 4 rings (SSSR count). The van der Waals surface area contributed by atoms with E-state index in [1.54, 1.807) is 34.9 Å². The van der Waals surface area contributed by atoms with Gasteiger partial charge < -0.3 is 9.88 Å². The van der Waals surface area contributed by atoms with Gasteiger partial charge in [-0.05, 0) is 55.5 Å². The summed E-state index contributed by atoms with van der Waals surface area (Å²) in [5, 5.41) is 0. The van der Waals surface area contributed by atoms with Crippen LogP contribution >= 0.6 is 11.8 Å². The number of piperidine rings is 1. The summed E-state index contributed by atoms with van der Waals surface area (Å²) >= 11 is 1.60. The third-order valence-corrected chi connectivity index (χ3v) is 7.92. The van der Waals surface area contributed by atoms with Crippen molar-refractivity contribution in [3.63, 3.8) is 0 Å². The molecule has 3 aromatic rings. The maximum atomic E-state index is 13.4. The van der Waals surface area contributed by atoms with Crippen LogP contribution in [0.5, 0.6) is 0 Å². The van der Waals surface area contributed by atoms with Gasteiger partial charge >= 0.3 is 0 Å². The first-order valence-corrected chi connectivity index (χ1v) is 13.7. The molecule has 1 fully saturated rings. The van der Waals surface area contributed by atoms with E-state index in [2.05, 4.69) is 9.71 Å². The lowest BCUT2D eigenvalue weighted by atomic mass is 9.96. The summed E-state index contributed by atoms with van der Waals surface area (Å²) in [6.07, 6.45) is 4.19. The van der Waals surface area contributed by atoms with Crippen molar-refractivity contribution >= 4 is 38.7 Å². The number of fused-ring (bicyclic) bond motifs is 1. The average molecular weight is 473 g/mol. The monoisotopic (exact) mass is 472 g/mol. The molecule has 0 bridgehead atoms.